The summed E-state index contributed by atoms with van der Waals surface area (Å²) in [6.45, 7) is 0. The average Bonchev–Trinajstić information content (AvgIpc) is 2.45. The Bertz CT molecular complexity index is 553. The van der Waals surface area contributed by atoms with Crippen molar-refractivity contribution in [3.8, 4) is 5.75 Å². The molecule has 3 nitrogen and oxygen atoms in total. The molecule has 1 aliphatic rings. The molecule has 1 atom stereocenters. The summed E-state index contributed by atoms with van der Waals surface area (Å²) in [7, 11) is 1.66. The number of methoxy groups -OCH3 is 1. The number of carbonyl (C=O) groups excluding carboxylic acids is 1. The third kappa shape index (κ3) is 3.42. The van der Waals surface area contributed by atoms with Gasteiger partial charge in [0.2, 0.25) is 0 Å². The largest absolute Gasteiger partial charge is 0.507 e. The molecular formula is C16H16O3. The Labute approximate surface area is 112 Å². The summed E-state index contributed by atoms with van der Waals surface area (Å²) in [4.78, 5) is 11.9. The van der Waals surface area contributed by atoms with Gasteiger partial charge in [0.05, 0.1) is 11.7 Å². The van der Waals surface area contributed by atoms with Crippen molar-refractivity contribution in [1.29, 1.82) is 0 Å². The van der Waals surface area contributed by atoms with E-state index in [2.05, 4.69) is 0 Å². The smallest absolute Gasteiger partial charge is 0.189 e. The summed E-state index contributed by atoms with van der Waals surface area (Å²) in [6, 6.07) is 6.51. The monoisotopic (exact) mass is 256 g/mol. The van der Waals surface area contributed by atoms with Crippen LogP contribution in [0.1, 0.15) is 16.8 Å². The van der Waals surface area contributed by atoms with E-state index < -0.39 is 0 Å². The molecule has 1 aromatic rings. The van der Waals surface area contributed by atoms with Gasteiger partial charge in [0.1, 0.15) is 5.75 Å². The molecule has 1 N–H and O–H groups in total. The summed E-state index contributed by atoms with van der Waals surface area (Å²) in [5, 5.41) is 9.59. The van der Waals surface area contributed by atoms with Gasteiger partial charge < -0.3 is 9.84 Å². The zero-order valence-electron chi connectivity index (χ0n) is 10.7. The summed E-state index contributed by atoms with van der Waals surface area (Å²) in [6.07, 6.45) is 10.0. The molecule has 0 heterocycles. The normalized spacial score (nSPS) is 18.6. The molecule has 98 valence electrons. The van der Waals surface area contributed by atoms with Gasteiger partial charge >= 0.3 is 0 Å². The molecule has 19 heavy (non-hydrogen) atoms. The van der Waals surface area contributed by atoms with Crippen LogP contribution in [0.15, 0.2) is 60.2 Å². The van der Waals surface area contributed by atoms with E-state index in [1.807, 2.05) is 18.2 Å². The molecule has 2 rings (SSSR count). The fourth-order valence-corrected chi connectivity index (χ4v) is 1.90. The van der Waals surface area contributed by atoms with Crippen molar-refractivity contribution >= 4 is 5.78 Å². The Morgan fingerprint density at radius 2 is 2.21 bits per heavy atom. The second-order valence-corrected chi connectivity index (χ2v) is 4.29. The predicted octanol–water partition coefficient (Wildman–Crippen LogP) is 3.03. The number of rotatable bonds is 4. The van der Waals surface area contributed by atoms with Gasteiger partial charge in [-0.15, -0.1) is 0 Å². The number of para-hydroxylation sites is 1. The highest BCUT2D eigenvalue weighted by molar-refractivity contribution is 6.06. The number of aromatic hydroxyl groups is 1. The summed E-state index contributed by atoms with van der Waals surface area (Å²) >= 11 is 0. The second-order valence-electron chi connectivity index (χ2n) is 4.29. The minimum atomic E-state index is -0.216. The number of phenolic OH excluding ortho intramolecular Hbond substituents is 1. The van der Waals surface area contributed by atoms with Gasteiger partial charge in [-0.2, -0.15) is 0 Å². The highest BCUT2D eigenvalue weighted by Crippen LogP contribution is 2.18. The van der Waals surface area contributed by atoms with Gasteiger partial charge in [0.15, 0.2) is 5.78 Å². The van der Waals surface area contributed by atoms with Crippen LogP contribution in [0.3, 0.4) is 0 Å². The lowest BCUT2D eigenvalue weighted by Crippen LogP contribution is -2.08. The highest BCUT2D eigenvalue weighted by atomic mass is 16.5. The van der Waals surface area contributed by atoms with E-state index in [1.54, 1.807) is 31.4 Å². The molecule has 0 saturated heterocycles. The van der Waals surface area contributed by atoms with Gasteiger partial charge in [0, 0.05) is 7.11 Å². The van der Waals surface area contributed by atoms with Crippen molar-refractivity contribution in [2.24, 2.45) is 0 Å². The van der Waals surface area contributed by atoms with Crippen molar-refractivity contribution in [3.63, 3.8) is 0 Å². The van der Waals surface area contributed by atoms with Crippen LogP contribution in [-0.4, -0.2) is 24.1 Å². The topological polar surface area (TPSA) is 46.5 Å². The lowest BCUT2D eigenvalue weighted by atomic mass is 10.0. The van der Waals surface area contributed by atoms with Gasteiger partial charge in [-0.05, 0) is 36.3 Å². The molecule has 0 fully saturated rings. The number of phenols is 1. The maximum absolute atomic E-state index is 11.9. The van der Waals surface area contributed by atoms with E-state index in [0.717, 1.165) is 12.0 Å². The van der Waals surface area contributed by atoms with Crippen LogP contribution in [0, 0.1) is 0 Å². The standard InChI is InChI=1S/C16H16O3/c1-19-13-6-4-5-12(11-13)9-10-16(18)14-7-2-3-8-15(14)17/h2-5,7-11,13,17H,6H2,1H3/b10-9+. The van der Waals surface area contributed by atoms with Crippen molar-refractivity contribution in [2.75, 3.05) is 7.11 Å². The molecule has 0 saturated carbocycles. The minimum absolute atomic E-state index is 0.0000777. The number of hydrogen-bond donors (Lipinski definition) is 1. The zero-order valence-corrected chi connectivity index (χ0v) is 10.7. The lowest BCUT2D eigenvalue weighted by molar-refractivity contribution is 0.104. The van der Waals surface area contributed by atoms with E-state index in [9.17, 15) is 9.90 Å². The maximum Gasteiger partial charge on any atom is 0.189 e. The number of hydrogen-bond acceptors (Lipinski definition) is 3. The Morgan fingerprint density at radius 1 is 1.42 bits per heavy atom. The third-order valence-corrected chi connectivity index (χ3v) is 2.96. The molecule has 3 heteroatoms. The van der Waals surface area contributed by atoms with E-state index in [-0.39, 0.29) is 17.6 Å². The van der Waals surface area contributed by atoms with Crippen LogP contribution >= 0.6 is 0 Å². The molecule has 0 aromatic heterocycles. The fourth-order valence-electron chi connectivity index (χ4n) is 1.90. The van der Waals surface area contributed by atoms with E-state index in [4.69, 9.17) is 4.74 Å². The van der Waals surface area contributed by atoms with Crippen molar-refractivity contribution < 1.29 is 14.6 Å². The van der Waals surface area contributed by atoms with Crippen LogP contribution in [0.25, 0.3) is 0 Å². The van der Waals surface area contributed by atoms with Crippen LogP contribution in [0.5, 0.6) is 5.75 Å². The summed E-state index contributed by atoms with van der Waals surface area (Å²) in [5.41, 5.74) is 1.24. The molecule has 0 amide bonds. The molecule has 1 aliphatic carbocycles. The maximum atomic E-state index is 11.9. The molecular weight excluding hydrogens is 240 g/mol. The predicted molar refractivity (Wildman–Crippen MR) is 74.2 cm³/mol. The summed E-state index contributed by atoms with van der Waals surface area (Å²) < 4.78 is 5.25. The molecule has 0 radical (unpaired) electrons. The third-order valence-electron chi connectivity index (χ3n) is 2.96. The van der Waals surface area contributed by atoms with E-state index in [1.165, 1.54) is 12.1 Å². The Kier molecular flexibility index (Phi) is 4.31. The fraction of sp³-hybridized carbons (Fsp3) is 0.188. The molecule has 0 spiro atoms. The SMILES string of the molecule is COC1C=C(/C=C/C(=O)c2ccccc2O)C=CC1. The number of ether oxygens (including phenoxy) is 1. The lowest BCUT2D eigenvalue weighted by Gasteiger charge is -2.12. The van der Waals surface area contributed by atoms with Crippen LogP contribution < -0.4 is 0 Å². The number of allylic oxidation sites excluding steroid dienone is 4. The molecule has 1 aromatic carbocycles. The zero-order chi connectivity index (χ0) is 13.7. The first-order valence-electron chi connectivity index (χ1n) is 6.12. The highest BCUT2D eigenvalue weighted by Gasteiger charge is 2.08. The minimum Gasteiger partial charge on any atom is -0.507 e. The van der Waals surface area contributed by atoms with Crippen molar-refractivity contribution in [2.45, 2.75) is 12.5 Å². The molecule has 0 bridgehead atoms. The van der Waals surface area contributed by atoms with Crippen molar-refractivity contribution in [1.82, 2.24) is 0 Å². The average molecular weight is 256 g/mol. The van der Waals surface area contributed by atoms with Crippen LogP contribution in [0.2, 0.25) is 0 Å². The summed E-state index contributed by atoms with van der Waals surface area (Å²) in [5.74, 6) is -0.216. The van der Waals surface area contributed by atoms with Gasteiger partial charge in [0.25, 0.3) is 0 Å². The van der Waals surface area contributed by atoms with Crippen LogP contribution in [0.4, 0.5) is 0 Å². The number of ketones is 1. The first-order chi connectivity index (χ1) is 9.20. The Balaban J connectivity index is 2.11. The van der Waals surface area contributed by atoms with Gasteiger partial charge in [-0.25, -0.2) is 0 Å². The van der Waals surface area contributed by atoms with Gasteiger partial charge in [-0.1, -0.05) is 30.4 Å². The quantitative estimate of drug-likeness (QED) is 0.665. The Hall–Kier alpha value is -2.13. The van der Waals surface area contributed by atoms with E-state index >= 15 is 0 Å². The first kappa shape index (κ1) is 13.3. The number of benzene rings is 1. The molecule has 1 unspecified atom stereocenters. The first-order valence-corrected chi connectivity index (χ1v) is 6.12. The van der Waals surface area contributed by atoms with Crippen molar-refractivity contribution in [3.05, 3.63) is 65.8 Å². The molecule has 0 aliphatic heterocycles. The Morgan fingerprint density at radius 3 is 2.95 bits per heavy atom. The van der Waals surface area contributed by atoms with Crippen LogP contribution in [-0.2, 0) is 4.74 Å². The van der Waals surface area contributed by atoms with Gasteiger partial charge in [-0.3, -0.25) is 4.79 Å². The second kappa shape index (κ2) is 6.16. The van der Waals surface area contributed by atoms with E-state index in [0.29, 0.717) is 5.56 Å². The number of carbonyl (C=O) groups is 1.